The van der Waals surface area contributed by atoms with Gasteiger partial charge in [0.15, 0.2) is 5.76 Å². The molecule has 2 aromatic carbocycles. The number of halogens is 2. The van der Waals surface area contributed by atoms with Gasteiger partial charge in [0.2, 0.25) is 10.0 Å². The summed E-state index contributed by atoms with van der Waals surface area (Å²) in [6.07, 6.45) is 0. The van der Waals surface area contributed by atoms with Crippen LogP contribution in [0.1, 0.15) is 5.76 Å². The molecule has 130 valence electrons. The molecule has 3 aromatic rings. The van der Waals surface area contributed by atoms with Gasteiger partial charge in [-0.05, 0) is 12.1 Å². The predicted octanol–water partition coefficient (Wildman–Crippen LogP) is 2.43. The third-order valence-corrected chi connectivity index (χ3v) is 4.48. The standard InChI is InChI=1S/C16H12F2N2O4S/c17-11-7-14(25(19,22)23)12(18)6-10(11)15-13(8-21)24-20-16(15)9-4-2-1-3-5-9/h1-7,21H,8H2,(H2,19,22,23). The highest BCUT2D eigenvalue weighted by atomic mass is 32.2. The molecule has 0 aliphatic carbocycles. The molecule has 1 heterocycles. The van der Waals surface area contributed by atoms with Gasteiger partial charge in [-0.15, -0.1) is 0 Å². The van der Waals surface area contributed by atoms with Crippen molar-refractivity contribution in [3.05, 3.63) is 59.9 Å². The summed E-state index contributed by atoms with van der Waals surface area (Å²) in [4.78, 5) is -0.961. The fourth-order valence-corrected chi connectivity index (χ4v) is 3.04. The molecule has 0 radical (unpaired) electrons. The van der Waals surface area contributed by atoms with Crippen LogP contribution in [0.4, 0.5) is 8.78 Å². The molecule has 3 N–H and O–H groups in total. The van der Waals surface area contributed by atoms with Crippen molar-refractivity contribution in [3.63, 3.8) is 0 Å². The van der Waals surface area contributed by atoms with E-state index in [4.69, 9.17) is 9.66 Å². The highest BCUT2D eigenvalue weighted by Crippen LogP contribution is 2.37. The van der Waals surface area contributed by atoms with Gasteiger partial charge in [-0.1, -0.05) is 35.5 Å². The second-order valence-corrected chi connectivity index (χ2v) is 6.69. The summed E-state index contributed by atoms with van der Waals surface area (Å²) in [5, 5.41) is 18.1. The first-order chi connectivity index (χ1) is 11.8. The van der Waals surface area contributed by atoms with Crippen molar-refractivity contribution in [2.45, 2.75) is 11.5 Å². The van der Waals surface area contributed by atoms with Crippen LogP contribution in [0.25, 0.3) is 22.4 Å². The maximum Gasteiger partial charge on any atom is 0.241 e. The molecule has 0 aliphatic rings. The van der Waals surface area contributed by atoms with Gasteiger partial charge in [-0.25, -0.2) is 22.3 Å². The maximum absolute atomic E-state index is 14.5. The first-order valence-corrected chi connectivity index (χ1v) is 8.54. The van der Waals surface area contributed by atoms with E-state index in [0.717, 1.165) is 0 Å². The van der Waals surface area contributed by atoms with E-state index < -0.39 is 33.2 Å². The topological polar surface area (TPSA) is 106 Å². The lowest BCUT2D eigenvalue weighted by molar-refractivity contribution is 0.230. The summed E-state index contributed by atoms with van der Waals surface area (Å²) in [6.45, 7) is -0.604. The Bertz CT molecular complexity index is 1030. The number of aliphatic hydroxyl groups excluding tert-OH is 1. The number of aliphatic hydroxyl groups is 1. The predicted molar refractivity (Wildman–Crippen MR) is 84.6 cm³/mol. The fraction of sp³-hybridized carbons (Fsp3) is 0.0625. The number of primary sulfonamides is 1. The van der Waals surface area contributed by atoms with Crippen LogP contribution in [-0.4, -0.2) is 18.7 Å². The lowest BCUT2D eigenvalue weighted by atomic mass is 9.98. The Morgan fingerprint density at radius 1 is 1.12 bits per heavy atom. The average Bonchev–Trinajstić information content (AvgIpc) is 3.00. The number of hydrogen-bond donors (Lipinski definition) is 2. The number of rotatable bonds is 4. The van der Waals surface area contributed by atoms with Gasteiger partial charge in [0.05, 0.1) is 5.56 Å². The van der Waals surface area contributed by atoms with Gasteiger partial charge in [-0.2, -0.15) is 0 Å². The number of nitrogens with zero attached hydrogens (tertiary/aromatic N) is 1. The van der Waals surface area contributed by atoms with E-state index in [1.165, 1.54) is 0 Å². The molecule has 0 unspecified atom stereocenters. The van der Waals surface area contributed by atoms with Crippen LogP contribution < -0.4 is 5.14 Å². The van der Waals surface area contributed by atoms with Crippen molar-refractivity contribution in [2.24, 2.45) is 5.14 Å². The zero-order valence-electron chi connectivity index (χ0n) is 12.6. The van der Waals surface area contributed by atoms with Crippen LogP contribution in [-0.2, 0) is 16.6 Å². The lowest BCUT2D eigenvalue weighted by Gasteiger charge is -2.08. The Balaban J connectivity index is 2.27. The summed E-state index contributed by atoms with van der Waals surface area (Å²) in [5.41, 5.74) is 0.475. The van der Waals surface area contributed by atoms with Crippen molar-refractivity contribution >= 4 is 10.0 Å². The van der Waals surface area contributed by atoms with Crippen LogP contribution >= 0.6 is 0 Å². The van der Waals surface area contributed by atoms with E-state index >= 15 is 0 Å². The molecular formula is C16H12F2N2O4S. The highest BCUT2D eigenvalue weighted by molar-refractivity contribution is 7.89. The SMILES string of the molecule is NS(=O)(=O)c1cc(F)c(-c2c(-c3ccccc3)noc2CO)cc1F. The molecule has 3 rings (SSSR count). The minimum absolute atomic E-state index is 0.0334. The monoisotopic (exact) mass is 366 g/mol. The summed E-state index contributed by atoms with van der Waals surface area (Å²) >= 11 is 0. The van der Waals surface area contributed by atoms with E-state index in [9.17, 15) is 22.3 Å². The quantitative estimate of drug-likeness (QED) is 0.738. The zero-order chi connectivity index (χ0) is 18.2. The van der Waals surface area contributed by atoms with Crippen LogP contribution in [0.3, 0.4) is 0 Å². The van der Waals surface area contributed by atoms with Crippen LogP contribution in [0, 0.1) is 11.6 Å². The summed E-state index contributed by atoms with van der Waals surface area (Å²) in [6, 6.07) is 9.72. The molecule has 9 heteroatoms. The van der Waals surface area contributed by atoms with E-state index in [-0.39, 0.29) is 22.6 Å². The maximum atomic E-state index is 14.5. The second-order valence-electron chi connectivity index (χ2n) is 5.16. The van der Waals surface area contributed by atoms with Gasteiger partial charge < -0.3 is 9.63 Å². The molecule has 0 aliphatic heterocycles. The van der Waals surface area contributed by atoms with Gasteiger partial charge in [0.25, 0.3) is 0 Å². The third-order valence-electron chi connectivity index (χ3n) is 3.55. The molecule has 0 atom stereocenters. The number of benzene rings is 2. The van der Waals surface area contributed by atoms with E-state index in [1.54, 1.807) is 30.3 Å². The zero-order valence-corrected chi connectivity index (χ0v) is 13.4. The van der Waals surface area contributed by atoms with Gasteiger partial charge in [-0.3, -0.25) is 0 Å². The Labute approximate surface area is 141 Å². The number of aromatic nitrogens is 1. The first kappa shape index (κ1) is 17.2. The van der Waals surface area contributed by atoms with Gasteiger partial charge in [0.1, 0.15) is 28.8 Å². The van der Waals surface area contributed by atoms with E-state index in [2.05, 4.69) is 5.16 Å². The van der Waals surface area contributed by atoms with E-state index in [0.29, 0.717) is 17.7 Å². The normalized spacial score (nSPS) is 11.7. The molecule has 0 fully saturated rings. The molecule has 0 bridgehead atoms. The molecule has 0 saturated heterocycles. The largest absolute Gasteiger partial charge is 0.388 e. The molecule has 0 saturated carbocycles. The Hall–Kier alpha value is -2.62. The second kappa shape index (κ2) is 6.36. The summed E-state index contributed by atoms with van der Waals surface area (Å²) < 4.78 is 56.3. The van der Waals surface area contributed by atoms with Crippen molar-refractivity contribution in [3.8, 4) is 22.4 Å². The molecular weight excluding hydrogens is 354 g/mol. The minimum Gasteiger partial charge on any atom is -0.388 e. The Morgan fingerprint density at radius 3 is 2.40 bits per heavy atom. The minimum atomic E-state index is -4.42. The van der Waals surface area contributed by atoms with Crippen LogP contribution in [0.15, 0.2) is 51.9 Å². The number of nitrogens with two attached hydrogens (primary N) is 1. The van der Waals surface area contributed by atoms with Gasteiger partial charge in [0, 0.05) is 11.1 Å². The fourth-order valence-electron chi connectivity index (χ4n) is 2.44. The molecule has 6 nitrogen and oxygen atoms in total. The van der Waals surface area contributed by atoms with Crippen LogP contribution in [0.2, 0.25) is 0 Å². The van der Waals surface area contributed by atoms with Crippen molar-refractivity contribution in [1.29, 1.82) is 0 Å². The van der Waals surface area contributed by atoms with Crippen molar-refractivity contribution in [1.82, 2.24) is 5.16 Å². The molecule has 25 heavy (non-hydrogen) atoms. The Morgan fingerprint density at radius 2 is 1.80 bits per heavy atom. The highest BCUT2D eigenvalue weighted by Gasteiger charge is 2.25. The summed E-state index contributed by atoms with van der Waals surface area (Å²) in [7, 11) is -4.42. The van der Waals surface area contributed by atoms with Crippen LogP contribution in [0.5, 0.6) is 0 Å². The number of sulfonamides is 1. The lowest BCUT2D eigenvalue weighted by Crippen LogP contribution is -2.14. The van der Waals surface area contributed by atoms with Gasteiger partial charge >= 0.3 is 0 Å². The molecule has 1 aromatic heterocycles. The third kappa shape index (κ3) is 3.16. The summed E-state index contributed by atoms with van der Waals surface area (Å²) in [5.74, 6) is -2.34. The number of hydrogen-bond acceptors (Lipinski definition) is 5. The average molecular weight is 366 g/mol. The van der Waals surface area contributed by atoms with E-state index in [1.807, 2.05) is 0 Å². The van der Waals surface area contributed by atoms with Crippen molar-refractivity contribution < 1.29 is 26.8 Å². The molecule has 0 amide bonds. The molecule has 0 spiro atoms. The first-order valence-electron chi connectivity index (χ1n) is 7.00. The van der Waals surface area contributed by atoms with Crippen molar-refractivity contribution in [2.75, 3.05) is 0 Å². The smallest absolute Gasteiger partial charge is 0.241 e. The Kier molecular flexibility index (Phi) is 4.38.